The van der Waals surface area contributed by atoms with Crippen LogP contribution < -0.4 is 5.32 Å². The Morgan fingerprint density at radius 2 is 2.06 bits per heavy atom. The zero-order chi connectivity index (χ0) is 11.4. The van der Waals surface area contributed by atoms with E-state index < -0.39 is 11.6 Å². The molecule has 0 bridgehead atoms. The van der Waals surface area contributed by atoms with Gasteiger partial charge in [-0.2, -0.15) is 0 Å². The minimum Gasteiger partial charge on any atom is -0.380 e. The molecule has 0 aliphatic carbocycles. The average molecular weight is 220 g/mol. The second-order valence-electron chi connectivity index (χ2n) is 3.33. The molecular formula is C12H10F2N2. The van der Waals surface area contributed by atoms with Crippen LogP contribution in [-0.2, 0) is 6.54 Å². The number of rotatable bonds is 3. The Morgan fingerprint density at radius 1 is 1.19 bits per heavy atom. The van der Waals surface area contributed by atoms with Crippen molar-refractivity contribution in [1.82, 2.24) is 4.98 Å². The molecule has 0 radical (unpaired) electrons. The monoisotopic (exact) mass is 220 g/mol. The third kappa shape index (κ3) is 2.53. The van der Waals surface area contributed by atoms with E-state index in [2.05, 4.69) is 10.3 Å². The number of nitrogens with zero attached hydrogens (tertiary/aromatic N) is 1. The SMILES string of the molecule is Fc1ccc(F)c(CNc2cccnc2)c1. The summed E-state index contributed by atoms with van der Waals surface area (Å²) < 4.78 is 26.1. The van der Waals surface area contributed by atoms with Crippen molar-refractivity contribution < 1.29 is 8.78 Å². The fourth-order valence-corrected chi connectivity index (χ4v) is 1.34. The summed E-state index contributed by atoms with van der Waals surface area (Å²) in [5.74, 6) is -0.859. The van der Waals surface area contributed by atoms with Crippen LogP contribution in [0.5, 0.6) is 0 Å². The van der Waals surface area contributed by atoms with Gasteiger partial charge in [0.2, 0.25) is 0 Å². The highest BCUT2D eigenvalue weighted by molar-refractivity contribution is 5.40. The van der Waals surface area contributed by atoms with Crippen LogP contribution in [0.2, 0.25) is 0 Å². The molecule has 16 heavy (non-hydrogen) atoms. The molecule has 82 valence electrons. The van der Waals surface area contributed by atoms with Gasteiger partial charge in [-0.15, -0.1) is 0 Å². The number of hydrogen-bond donors (Lipinski definition) is 1. The highest BCUT2D eigenvalue weighted by Gasteiger charge is 2.03. The molecule has 1 N–H and O–H groups in total. The van der Waals surface area contributed by atoms with Gasteiger partial charge in [0, 0.05) is 24.5 Å². The third-order valence-electron chi connectivity index (χ3n) is 2.15. The quantitative estimate of drug-likeness (QED) is 0.860. The molecule has 0 aliphatic rings. The van der Waals surface area contributed by atoms with Crippen molar-refractivity contribution in [3.05, 3.63) is 59.9 Å². The van der Waals surface area contributed by atoms with Crippen molar-refractivity contribution in [3.8, 4) is 0 Å². The number of hydrogen-bond acceptors (Lipinski definition) is 2. The van der Waals surface area contributed by atoms with Crippen molar-refractivity contribution in [1.29, 1.82) is 0 Å². The normalized spacial score (nSPS) is 10.1. The summed E-state index contributed by atoms with van der Waals surface area (Å²) in [4.78, 5) is 3.91. The number of anilines is 1. The summed E-state index contributed by atoms with van der Waals surface area (Å²) in [5.41, 5.74) is 1.06. The minimum atomic E-state index is -0.440. The maximum Gasteiger partial charge on any atom is 0.128 e. The number of aromatic nitrogens is 1. The van der Waals surface area contributed by atoms with E-state index in [-0.39, 0.29) is 6.54 Å². The first-order valence-corrected chi connectivity index (χ1v) is 4.83. The first-order chi connectivity index (χ1) is 7.75. The van der Waals surface area contributed by atoms with Crippen LogP contribution in [0.25, 0.3) is 0 Å². The predicted octanol–water partition coefficient (Wildman–Crippen LogP) is 2.97. The van der Waals surface area contributed by atoms with Gasteiger partial charge in [-0.05, 0) is 30.3 Å². The van der Waals surface area contributed by atoms with E-state index in [9.17, 15) is 8.78 Å². The number of nitrogens with one attached hydrogen (secondary N) is 1. The van der Waals surface area contributed by atoms with Gasteiger partial charge in [0.15, 0.2) is 0 Å². The second kappa shape index (κ2) is 4.70. The van der Waals surface area contributed by atoms with Crippen LogP contribution >= 0.6 is 0 Å². The molecule has 0 saturated heterocycles. The Morgan fingerprint density at radius 3 is 2.81 bits per heavy atom. The van der Waals surface area contributed by atoms with Gasteiger partial charge >= 0.3 is 0 Å². The zero-order valence-electron chi connectivity index (χ0n) is 8.45. The summed E-state index contributed by atoms with van der Waals surface area (Å²) in [6.45, 7) is 0.231. The summed E-state index contributed by atoms with van der Waals surface area (Å²) in [6.07, 6.45) is 3.27. The van der Waals surface area contributed by atoms with Crippen molar-refractivity contribution in [2.24, 2.45) is 0 Å². The molecule has 2 aromatic rings. The molecule has 1 aromatic heterocycles. The van der Waals surface area contributed by atoms with Crippen LogP contribution in [0.1, 0.15) is 5.56 Å². The van der Waals surface area contributed by atoms with Crippen LogP contribution in [0.3, 0.4) is 0 Å². The van der Waals surface area contributed by atoms with Gasteiger partial charge in [-0.3, -0.25) is 4.98 Å². The first kappa shape index (κ1) is 10.5. The number of pyridine rings is 1. The lowest BCUT2D eigenvalue weighted by Crippen LogP contribution is -2.02. The van der Waals surface area contributed by atoms with Gasteiger partial charge in [-0.25, -0.2) is 8.78 Å². The molecule has 0 amide bonds. The Bertz CT molecular complexity index is 472. The highest BCUT2D eigenvalue weighted by atomic mass is 19.1. The Kier molecular flexibility index (Phi) is 3.10. The lowest BCUT2D eigenvalue weighted by Gasteiger charge is -2.06. The lowest BCUT2D eigenvalue weighted by atomic mass is 10.2. The molecule has 1 heterocycles. The first-order valence-electron chi connectivity index (χ1n) is 4.83. The van der Waals surface area contributed by atoms with Gasteiger partial charge in [0.05, 0.1) is 5.69 Å². The van der Waals surface area contributed by atoms with E-state index in [1.807, 2.05) is 6.07 Å². The summed E-state index contributed by atoms with van der Waals surface area (Å²) in [7, 11) is 0. The Balaban J connectivity index is 2.08. The van der Waals surface area contributed by atoms with E-state index in [4.69, 9.17) is 0 Å². The van der Waals surface area contributed by atoms with E-state index in [0.717, 1.165) is 17.8 Å². The molecular weight excluding hydrogens is 210 g/mol. The van der Waals surface area contributed by atoms with Crippen LogP contribution in [0.15, 0.2) is 42.7 Å². The maximum atomic E-state index is 13.3. The molecule has 0 spiro atoms. The molecule has 2 nitrogen and oxygen atoms in total. The molecule has 4 heteroatoms. The standard InChI is InChI=1S/C12H10F2N2/c13-10-3-4-12(14)9(6-10)7-16-11-2-1-5-15-8-11/h1-6,8,16H,7H2. The zero-order valence-corrected chi connectivity index (χ0v) is 8.45. The Hall–Kier alpha value is -1.97. The second-order valence-corrected chi connectivity index (χ2v) is 3.33. The molecule has 0 aliphatic heterocycles. The maximum absolute atomic E-state index is 13.3. The Labute approximate surface area is 92.0 Å². The number of benzene rings is 1. The third-order valence-corrected chi connectivity index (χ3v) is 2.15. The summed E-state index contributed by atoms with van der Waals surface area (Å²) in [6, 6.07) is 6.98. The van der Waals surface area contributed by atoms with Gasteiger partial charge in [-0.1, -0.05) is 0 Å². The van der Waals surface area contributed by atoms with E-state index in [0.29, 0.717) is 5.56 Å². The molecule has 0 atom stereocenters. The molecule has 0 saturated carbocycles. The lowest BCUT2D eigenvalue weighted by molar-refractivity contribution is 0.587. The fraction of sp³-hybridized carbons (Fsp3) is 0.0833. The van der Waals surface area contributed by atoms with Crippen molar-refractivity contribution in [3.63, 3.8) is 0 Å². The van der Waals surface area contributed by atoms with E-state index in [1.165, 1.54) is 6.07 Å². The molecule has 1 aromatic carbocycles. The van der Waals surface area contributed by atoms with Crippen molar-refractivity contribution in [2.45, 2.75) is 6.54 Å². The largest absolute Gasteiger partial charge is 0.380 e. The fourth-order valence-electron chi connectivity index (χ4n) is 1.34. The molecule has 0 unspecified atom stereocenters. The topological polar surface area (TPSA) is 24.9 Å². The predicted molar refractivity (Wildman–Crippen MR) is 57.9 cm³/mol. The van der Waals surface area contributed by atoms with Crippen LogP contribution in [0, 0.1) is 11.6 Å². The molecule has 2 rings (SSSR count). The smallest absolute Gasteiger partial charge is 0.128 e. The minimum absolute atomic E-state index is 0.231. The van der Waals surface area contributed by atoms with Crippen molar-refractivity contribution >= 4 is 5.69 Å². The van der Waals surface area contributed by atoms with Gasteiger partial charge < -0.3 is 5.32 Å². The van der Waals surface area contributed by atoms with E-state index in [1.54, 1.807) is 18.5 Å². The number of halogens is 2. The van der Waals surface area contributed by atoms with E-state index >= 15 is 0 Å². The molecule has 0 fully saturated rings. The average Bonchev–Trinajstić information content (AvgIpc) is 2.32. The van der Waals surface area contributed by atoms with Crippen LogP contribution in [0.4, 0.5) is 14.5 Å². The van der Waals surface area contributed by atoms with Gasteiger partial charge in [0.1, 0.15) is 11.6 Å². The highest BCUT2D eigenvalue weighted by Crippen LogP contribution is 2.12. The van der Waals surface area contributed by atoms with Crippen molar-refractivity contribution in [2.75, 3.05) is 5.32 Å². The summed E-state index contributed by atoms with van der Waals surface area (Å²) in [5, 5.41) is 2.96. The van der Waals surface area contributed by atoms with Crippen LogP contribution in [-0.4, -0.2) is 4.98 Å². The summed E-state index contributed by atoms with van der Waals surface area (Å²) >= 11 is 0. The van der Waals surface area contributed by atoms with Gasteiger partial charge in [0.25, 0.3) is 0 Å².